The molecule has 2 aromatic rings. The molecule has 2 aromatic carbocycles. The highest BCUT2D eigenvalue weighted by Gasteiger charge is 2.54. The summed E-state index contributed by atoms with van der Waals surface area (Å²) in [4.78, 5) is 4.29. The summed E-state index contributed by atoms with van der Waals surface area (Å²) in [6.45, 7) is 11.4. The lowest BCUT2D eigenvalue weighted by Gasteiger charge is -2.35. The Morgan fingerprint density at radius 1 is 1.08 bits per heavy atom. The van der Waals surface area contributed by atoms with Crippen molar-refractivity contribution in [3.05, 3.63) is 83.5 Å². The molecule has 0 saturated carbocycles. The number of piperidine rings is 1. The Bertz CT molecular complexity index is 1040. The monoisotopic (exact) mass is 519 g/mol. The van der Waals surface area contributed by atoms with E-state index in [4.69, 9.17) is 11.6 Å². The Balaban J connectivity index is 1.48. The predicted molar refractivity (Wildman–Crippen MR) is 145 cm³/mol. The van der Waals surface area contributed by atoms with Gasteiger partial charge in [0.2, 0.25) is 0 Å². The van der Waals surface area contributed by atoms with E-state index in [1.165, 1.54) is 19.1 Å². The minimum absolute atomic E-state index is 0.00621. The summed E-state index contributed by atoms with van der Waals surface area (Å²) in [5, 5.41) is 3.68. The summed E-state index contributed by atoms with van der Waals surface area (Å²) >= 11 is 6.53. The number of benzene rings is 2. The van der Waals surface area contributed by atoms with Gasteiger partial charge in [-0.15, -0.1) is 0 Å². The molecule has 196 valence electrons. The number of alkyl halides is 3. The van der Waals surface area contributed by atoms with E-state index in [9.17, 15) is 13.2 Å². The van der Waals surface area contributed by atoms with Gasteiger partial charge >= 0.3 is 6.18 Å². The van der Waals surface area contributed by atoms with E-state index in [-0.39, 0.29) is 11.3 Å². The van der Waals surface area contributed by atoms with Crippen molar-refractivity contribution in [1.29, 1.82) is 0 Å². The van der Waals surface area contributed by atoms with Crippen LogP contribution in [0.3, 0.4) is 0 Å². The topological polar surface area (TPSA) is 18.5 Å². The Labute approximate surface area is 218 Å². The lowest BCUT2D eigenvalue weighted by molar-refractivity contribution is -0.175. The first kappa shape index (κ1) is 28.0. The standard InChI is InChI=1S/C29H37ClF3N3/c1-21(35(4)5)26-14-13-25(20-27(26)30)36-18-15-23(16-19-36)10-9-17-34-22(2)28(3,29(31,32)33)24-11-7-6-8-12-24/h6-8,11-14,20,23,34H,1-2,9-10,15-19H2,3-5H3. The van der Waals surface area contributed by atoms with Crippen LogP contribution < -0.4 is 10.2 Å². The third-order valence-corrected chi connectivity index (χ3v) is 7.74. The number of anilines is 1. The molecule has 7 heteroatoms. The number of halogens is 4. The summed E-state index contributed by atoms with van der Waals surface area (Å²) in [6, 6.07) is 14.1. The number of hydrogen-bond acceptors (Lipinski definition) is 3. The van der Waals surface area contributed by atoms with Gasteiger partial charge in [0, 0.05) is 56.4 Å². The maximum absolute atomic E-state index is 14.0. The molecule has 1 heterocycles. The van der Waals surface area contributed by atoms with Crippen molar-refractivity contribution in [2.24, 2.45) is 5.92 Å². The third-order valence-electron chi connectivity index (χ3n) is 7.43. The summed E-state index contributed by atoms with van der Waals surface area (Å²) in [6.07, 6.45) is -0.555. The molecule has 3 rings (SSSR count). The van der Waals surface area contributed by atoms with E-state index in [2.05, 4.69) is 29.4 Å². The van der Waals surface area contributed by atoms with Crippen molar-refractivity contribution in [1.82, 2.24) is 10.2 Å². The van der Waals surface area contributed by atoms with Crippen molar-refractivity contribution in [2.75, 3.05) is 38.6 Å². The Morgan fingerprint density at radius 3 is 2.28 bits per heavy atom. The van der Waals surface area contributed by atoms with Crippen molar-refractivity contribution in [2.45, 2.75) is 44.2 Å². The van der Waals surface area contributed by atoms with Gasteiger partial charge in [0.05, 0.1) is 5.02 Å². The fourth-order valence-electron chi connectivity index (χ4n) is 4.74. The minimum atomic E-state index is -4.44. The first-order valence-corrected chi connectivity index (χ1v) is 12.8. The first-order chi connectivity index (χ1) is 16.9. The highest BCUT2D eigenvalue weighted by atomic mass is 35.5. The highest BCUT2D eigenvalue weighted by molar-refractivity contribution is 6.32. The summed E-state index contributed by atoms with van der Waals surface area (Å²) in [5.74, 6) is 0.558. The fourth-order valence-corrected chi connectivity index (χ4v) is 5.03. The number of nitrogens with zero attached hydrogens (tertiary/aromatic N) is 2. The molecule has 1 atom stereocenters. The third kappa shape index (κ3) is 6.20. The van der Waals surface area contributed by atoms with E-state index >= 15 is 0 Å². The molecule has 0 bridgehead atoms. The van der Waals surface area contributed by atoms with Crippen molar-refractivity contribution in [3.8, 4) is 0 Å². The number of nitrogens with one attached hydrogen (secondary N) is 1. The van der Waals surface area contributed by atoms with Crippen LogP contribution in [0.4, 0.5) is 18.9 Å². The van der Waals surface area contributed by atoms with Gasteiger partial charge in [-0.2, -0.15) is 13.2 Å². The zero-order chi connectivity index (χ0) is 26.5. The van der Waals surface area contributed by atoms with E-state index < -0.39 is 11.6 Å². The van der Waals surface area contributed by atoms with Crippen LogP contribution in [-0.4, -0.2) is 44.8 Å². The van der Waals surface area contributed by atoms with Gasteiger partial charge in [-0.1, -0.05) is 55.1 Å². The summed E-state index contributed by atoms with van der Waals surface area (Å²) < 4.78 is 42.1. The van der Waals surface area contributed by atoms with Crippen LogP contribution in [0.25, 0.3) is 5.70 Å². The number of rotatable bonds is 10. The molecule has 3 nitrogen and oxygen atoms in total. The molecule has 36 heavy (non-hydrogen) atoms. The normalized spacial score (nSPS) is 16.4. The van der Waals surface area contributed by atoms with E-state index in [0.717, 1.165) is 55.7 Å². The average Bonchev–Trinajstić information content (AvgIpc) is 2.85. The number of hydrogen-bond donors (Lipinski definition) is 1. The molecule has 0 amide bonds. The molecule has 0 aliphatic carbocycles. The van der Waals surface area contributed by atoms with Gasteiger partial charge in [0.1, 0.15) is 5.41 Å². The van der Waals surface area contributed by atoms with Crippen LogP contribution in [0.15, 0.2) is 67.4 Å². The fraction of sp³-hybridized carbons (Fsp3) is 0.448. The molecular formula is C29H37ClF3N3. The van der Waals surface area contributed by atoms with Crippen molar-refractivity contribution in [3.63, 3.8) is 0 Å². The molecule has 1 N–H and O–H groups in total. The molecule has 1 aliphatic heterocycles. The Kier molecular flexibility index (Phi) is 9.04. The van der Waals surface area contributed by atoms with E-state index in [1.54, 1.807) is 18.2 Å². The van der Waals surface area contributed by atoms with Gasteiger partial charge in [-0.25, -0.2) is 0 Å². The van der Waals surface area contributed by atoms with Gasteiger partial charge in [0.15, 0.2) is 0 Å². The zero-order valence-electron chi connectivity index (χ0n) is 21.5. The molecule has 0 radical (unpaired) electrons. The largest absolute Gasteiger partial charge is 0.403 e. The second-order valence-corrected chi connectivity index (χ2v) is 10.4. The average molecular weight is 520 g/mol. The second-order valence-electron chi connectivity index (χ2n) is 9.97. The van der Waals surface area contributed by atoms with Crippen LogP contribution in [0.1, 0.15) is 43.7 Å². The lowest BCUT2D eigenvalue weighted by atomic mass is 9.79. The number of allylic oxidation sites excluding steroid dienone is 1. The SMILES string of the molecule is C=C(c1ccc(N2CCC(CCCNC(=C)C(C)(c3ccccc3)C(F)(F)F)CC2)cc1Cl)N(C)C. The quantitative estimate of drug-likeness (QED) is 0.328. The van der Waals surface area contributed by atoms with Crippen LogP contribution in [0, 0.1) is 5.92 Å². The molecule has 0 aromatic heterocycles. The lowest BCUT2D eigenvalue weighted by Crippen LogP contribution is -2.45. The van der Waals surface area contributed by atoms with Crippen molar-refractivity contribution >= 4 is 23.0 Å². The molecule has 1 fully saturated rings. The Hall–Kier alpha value is -2.60. The van der Waals surface area contributed by atoms with E-state index in [0.29, 0.717) is 17.5 Å². The summed E-state index contributed by atoms with van der Waals surface area (Å²) in [7, 11) is 3.89. The first-order valence-electron chi connectivity index (χ1n) is 12.4. The Morgan fingerprint density at radius 2 is 1.72 bits per heavy atom. The maximum atomic E-state index is 14.0. The van der Waals surface area contributed by atoms with Crippen LogP contribution in [0.2, 0.25) is 5.02 Å². The van der Waals surface area contributed by atoms with Crippen LogP contribution in [-0.2, 0) is 5.41 Å². The molecule has 1 unspecified atom stereocenters. The van der Waals surface area contributed by atoms with Crippen LogP contribution in [0.5, 0.6) is 0 Å². The van der Waals surface area contributed by atoms with Gasteiger partial charge < -0.3 is 15.1 Å². The minimum Gasteiger partial charge on any atom is -0.388 e. The maximum Gasteiger partial charge on any atom is 0.403 e. The predicted octanol–water partition coefficient (Wildman–Crippen LogP) is 7.49. The van der Waals surface area contributed by atoms with Gasteiger partial charge in [0.25, 0.3) is 0 Å². The molecule has 0 spiro atoms. The summed E-state index contributed by atoms with van der Waals surface area (Å²) in [5.41, 5.74) is 0.980. The zero-order valence-corrected chi connectivity index (χ0v) is 22.2. The van der Waals surface area contributed by atoms with Crippen molar-refractivity contribution < 1.29 is 13.2 Å². The van der Waals surface area contributed by atoms with E-state index in [1.807, 2.05) is 31.1 Å². The molecule has 1 saturated heterocycles. The smallest absolute Gasteiger partial charge is 0.388 e. The van der Waals surface area contributed by atoms with Gasteiger partial charge in [-0.05, 0) is 62.3 Å². The second kappa shape index (κ2) is 11.6. The van der Waals surface area contributed by atoms with Crippen LogP contribution >= 0.6 is 11.6 Å². The molecule has 1 aliphatic rings. The highest BCUT2D eigenvalue weighted by Crippen LogP contribution is 2.44. The molecular weight excluding hydrogens is 483 g/mol. The van der Waals surface area contributed by atoms with Gasteiger partial charge in [-0.3, -0.25) is 0 Å².